The van der Waals surface area contributed by atoms with Crippen LogP contribution >= 0.6 is 0 Å². The fraction of sp³-hybridized carbons (Fsp3) is 0.667. The third-order valence-electron chi connectivity index (χ3n) is 3.88. The fourth-order valence-corrected chi connectivity index (χ4v) is 2.37. The van der Waals surface area contributed by atoms with Crippen LogP contribution in [0.15, 0.2) is 12.4 Å². The van der Waals surface area contributed by atoms with Gasteiger partial charge in [0.25, 0.3) is 0 Å². The second-order valence-corrected chi connectivity index (χ2v) is 6.40. The van der Waals surface area contributed by atoms with Crippen molar-refractivity contribution in [2.24, 2.45) is 0 Å². The zero-order chi connectivity index (χ0) is 14.0. The van der Waals surface area contributed by atoms with Crippen LogP contribution in [-0.2, 0) is 10.2 Å². The minimum Gasteiger partial charge on any atom is -0.341 e. The highest BCUT2D eigenvalue weighted by Gasteiger charge is 2.24. The minimum absolute atomic E-state index is 0.0777. The lowest BCUT2D eigenvalue weighted by Crippen LogP contribution is -2.36. The number of anilines is 1. The van der Waals surface area contributed by atoms with Gasteiger partial charge in [-0.2, -0.15) is 0 Å². The molecule has 1 aromatic rings. The Balaban J connectivity index is 2.07. The lowest BCUT2D eigenvalue weighted by Gasteiger charge is -2.31. The molecule has 0 N–H and O–H groups in total. The Morgan fingerprint density at radius 2 is 1.68 bits per heavy atom. The maximum Gasteiger partial charge on any atom is 0.225 e. The van der Waals surface area contributed by atoms with Crippen LogP contribution in [0, 0.1) is 0 Å². The Bertz CT molecular complexity index is 437. The first-order chi connectivity index (χ1) is 8.88. The number of carbonyl (C=O) groups is 1. The molecule has 0 unspecified atom stereocenters. The van der Waals surface area contributed by atoms with E-state index in [1.165, 1.54) is 0 Å². The molecule has 0 spiro atoms. The highest BCUT2D eigenvalue weighted by molar-refractivity contribution is 5.79. The monoisotopic (exact) mass is 261 g/mol. The fourth-order valence-electron chi connectivity index (χ4n) is 2.37. The largest absolute Gasteiger partial charge is 0.341 e. The van der Waals surface area contributed by atoms with Gasteiger partial charge in [0.05, 0.1) is 0 Å². The Morgan fingerprint density at radius 3 is 2.16 bits per heavy atom. The van der Waals surface area contributed by atoms with Gasteiger partial charge in [-0.25, -0.2) is 9.97 Å². The van der Waals surface area contributed by atoms with E-state index < -0.39 is 0 Å². The van der Waals surface area contributed by atoms with E-state index in [0.29, 0.717) is 24.7 Å². The van der Waals surface area contributed by atoms with Crippen LogP contribution in [-0.4, -0.2) is 28.8 Å². The average Bonchev–Trinajstić information content (AvgIpc) is 2.38. The van der Waals surface area contributed by atoms with Gasteiger partial charge in [0.1, 0.15) is 5.78 Å². The zero-order valence-electron chi connectivity index (χ0n) is 12.3. The molecule has 104 valence electrons. The molecule has 0 aromatic carbocycles. The first kappa shape index (κ1) is 14.0. The van der Waals surface area contributed by atoms with Gasteiger partial charge in [-0.1, -0.05) is 20.8 Å². The van der Waals surface area contributed by atoms with Crippen LogP contribution in [0.1, 0.15) is 52.0 Å². The molecule has 0 radical (unpaired) electrons. The van der Waals surface area contributed by atoms with Crippen molar-refractivity contribution >= 4 is 11.7 Å². The number of rotatable bonds is 2. The molecule has 1 aliphatic carbocycles. The Hall–Kier alpha value is -1.45. The van der Waals surface area contributed by atoms with Gasteiger partial charge in [-0.15, -0.1) is 0 Å². The number of hydrogen-bond acceptors (Lipinski definition) is 4. The summed E-state index contributed by atoms with van der Waals surface area (Å²) in [4.78, 5) is 22.3. The van der Waals surface area contributed by atoms with Crippen molar-refractivity contribution in [1.29, 1.82) is 0 Å². The van der Waals surface area contributed by atoms with Crippen LogP contribution < -0.4 is 4.90 Å². The first-order valence-electron chi connectivity index (χ1n) is 6.95. The van der Waals surface area contributed by atoms with E-state index in [-0.39, 0.29) is 5.41 Å². The molecule has 2 rings (SSSR count). The third-order valence-corrected chi connectivity index (χ3v) is 3.88. The van der Waals surface area contributed by atoms with Gasteiger partial charge >= 0.3 is 0 Å². The van der Waals surface area contributed by atoms with Crippen LogP contribution in [0.25, 0.3) is 0 Å². The molecule has 0 amide bonds. The Labute approximate surface area is 115 Å². The van der Waals surface area contributed by atoms with Crippen molar-refractivity contribution < 1.29 is 4.79 Å². The van der Waals surface area contributed by atoms with Gasteiger partial charge in [0, 0.05) is 38.3 Å². The van der Waals surface area contributed by atoms with Gasteiger partial charge in [0.2, 0.25) is 5.95 Å². The number of nitrogens with zero attached hydrogens (tertiary/aromatic N) is 3. The normalized spacial score (nSPS) is 17.6. The topological polar surface area (TPSA) is 46.1 Å². The maximum atomic E-state index is 11.3. The number of hydrogen-bond donors (Lipinski definition) is 0. The van der Waals surface area contributed by atoms with Gasteiger partial charge in [0.15, 0.2) is 0 Å². The van der Waals surface area contributed by atoms with E-state index in [1.54, 1.807) is 0 Å². The summed E-state index contributed by atoms with van der Waals surface area (Å²) in [5, 5.41) is 0. The molecule has 0 aliphatic heterocycles. The van der Waals surface area contributed by atoms with E-state index in [2.05, 4.69) is 35.6 Å². The summed E-state index contributed by atoms with van der Waals surface area (Å²) in [7, 11) is 2.02. The van der Waals surface area contributed by atoms with Crippen LogP contribution in [0.4, 0.5) is 5.95 Å². The van der Waals surface area contributed by atoms with E-state index in [0.717, 1.165) is 24.4 Å². The first-order valence-corrected chi connectivity index (χ1v) is 6.95. The predicted octanol–water partition coefficient (Wildman–Crippen LogP) is 2.72. The van der Waals surface area contributed by atoms with Crippen molar-refractivity contribution in [2.45, 2.75) is 57.9 Å². The van der Waals surface area contributed by atoms with E-state index in [4.69, 9.17) is 0 Å². The maximum absolute atomic E-state index is 11.3. The predicted molar refractivity (Wildman–Crippen MR) is 76.4 cm³/mol. The smallest absolute Gasteiger partial charge is 0.225 e. The number of carbonyl (C=O) groups excluding carboxylic acids is 1. The molecule has 1 saturated carbocycles. The molecule has 0 saturated heterocycles. The van der Waals surface area contributed by atoms with Crippen LogP contribution in [0.2, 0.25) is 0 Å². The lowest BCUT2D eigenvalue weighted by molar-refractivity contribution is -0.120. The lowest BCUT2D eigenvalue weighted by atomic mass is 9.89. The van der Waals surface area contributed by atoms with E-state index >= 15 is 0 Å². The quantitative estimate of drug-likeness (QED) is 0.821. The minimum atomic E-state index is 0.0777. The van der Waals surface area contributed by atoms with Crippen molar-refractivity contribution in [3.05, 3.63) is 18.0 Å². The Morgan fingerprint density at radius 1 is 1.16 bits per heavy atom. The summed E-state index contributed by atoms with van der Waals surface area (Å²) in [6, 6.07) is 0.387. The molecular formula is C15H23N3O. The van der Waals surface area contributed by atoms with Gasteiger partial charge in [-0.05, 0) is 23.8 Å². The number of ketones is 1. The molecule has 1 aromatic heterocycles. The molecule has 1 heterocycles. The second-order valence-electron chi connectivity index (χ2n) is 6.40. The number of aromatic nitrogens is 2. The second kappa shape index (κ2) is 5.27. The highest BCUT2D eigenvalue weighted by atomic mass is 16.1. The summed E-state index contributed by atoms with van der Waals surface area (Å²) in [5.74, 6) is 1.14. The summed E-state index contributed by atoms with van der Waals surface area (Å²) in [6.07, 6.45) is 7.03. The van der Waals surface area contributed by atoms with Crippen molar-refractivity contribution in [2.75, 3.05) is 11.9 Å². The highest BCUT2D eigenvalue weighted by Crippen LogP contribution is 2.24. The molecule has 4 nitrogen and oxygen atoms in total. The molecule has 0 atom stereocenters. The summed E-state index contributed by atoms with van der Waals surface area (Å²) >= 11 is 0. The van der Waals surface area contributed by atoms with E-state index in [9.17, 15) is 4.79 Å². The molecule has 4 heteroatoms. The van der Waals surface area contributed by atoms with Crippen molar-refractivity contribution in [3.63, 3.8) is 0 Å². The summed E-state index contributed by atoms with van der Waals surface area (Å²) in [6.45, 7) is 6.46. The summed E-state index contributed by atoms with van der Waals surface area (Å²) < 4.78 is 0. The molecular weight excluding hydrogens is 238 g/mol. The van der Waals surface area contributed by atoms with Gasteiger partial charge in [-0.3, -0.25) is 4.79 Å². The van der Waals surface area contributed by atoms with E-state index in [1.807, 2.05) is 19.4 Å². The zero-order valence-corrected chi connectivity index (χ0v) is 12.3. The number of Topliss-reactive ketones (excluding diaryl/α,β-unsaturated/α-hetero) is 1. The molecule has 1 aliphatic rings. The average molecular weight is 261 g/mol. The van der Waals surface area contributed by atoms with Crippen LogP contribution in [0.3, 0.4) is 0 Å². The Kier molecular flexibility index (Phi) is 3.88. The molecule has 0 bridgehead atoms. The SMILES string of the molecule is CN(c1ncc(C(C)(C)C)cn1)C1CCC(=O)CC1. The third kappa shape index (κ3) is 3.31. The summed E-state index contributed by atoms with van der Waals surface area (Å²) in [5.41, 5.74) is 1.22. The van der Waals surface area contributed by atoms with Crippen molar-refractivity contribution in [3.8, 4) is 0 Å². The van der Waals surface area contributed by atoms with Crippen molar-refractivity contribution in [1.82, 2.24) is 9.97 Å². The molecule has 1 fully saturated rings. The standard InChI is InChI=1S/C15H23N3O/c1-15(2,3)11-9-16-14(17-10-11)18(4)12-5-7-13(19)8-6-12/h9-10,12H,5-8H2,1-4H3. The van der Waals surface area contributed by atoms with Crippen LogP contribution in [0.5, 0.6) is 0 Å². The van der Waals surface area contributed by atoms with Gasteiger partial charge < -0.3 is 4.90 Å². The molecule has 19 heavy (non-hydrogen) atoms.